The van der Waals surface area contributed by atoms with Crippen molar-refractivity contribution in [3.05, 3.63) is 66.0 Å². The van der Waals surface area contributed by atoms with Crippen molar-refractivity contribution >= 4 is 57.8 Å². The second-order valence-corrected chi connectivity index (χ2v) is 22.9. The van der Waals surface area contributed by atoms with Crippen LogP contribution in [-0.4, -0.2) is 135 Å². The first kappa shape index (κ1) is 48.0. The molecule has 5 amide bonds. The molecule has 2 saturated carbocycles. The summed E-state index contributed by atoms with van der Waals surface area (Å²) < 4.78 is 33.5. The molecular weight excluding hydrogens is 931 g/mol. The minimum Gasteiger partial charge on any atom is -0.371 e. The van der Waals surface area contributed by atoms with Gasteiger partial charge in [-0.2, -0.15) is 0 Å². The summed E-state index contributed by atoms with van der Waals surface area (Å²) in [6, 6.07) is 17.2. The third kappa shape index (κ3) is 8.94. The van der Waals surface area contributed by atoms with E-state index in [4.69, 9.17) is 9.97 Å². The Morgan fingerprint density at radius 3 is 2.23 bits per heavy atom. The van der Waals surface area contributed by atoms with E-state index in [1.54, 1.807) is 4.90 Å². The van der Waals surface area contributed by atoms with Crippen LogP contribution in [0.3, 0.4) is 0 Å². The monoisotopic (exact) mass is 999 g/mol. The largest absolute Gasteiger partial charge is 0.371 e. The number of nitrogens with zero attached hydrogens (tertiary/aromatic N) is 8. The summed E-state index contributed by atoms with van der Waals surface area (Å²) in [6.45, 7) is 7.38. The lowest BCUT2D eigenvalue weighted by Gasteiger charge is -2.48. The lowest BCUT2D eigenvalue weighted by atomic mass is 9.73. The highest BCUT2D eigenvalue weighted by atomic mass is 19.3. The Balaban J connectivity index is 0.736. The van der Waals surface area contributed by atoms with E-state index in [9.17, 15) is 19.2 Å². The number of halogens is 2. The number of hydrogen-bond acceptors (Lipinski definition) is 10. The van der Waals surface area contributed by atoms with Gasteiger partial charge in [0.25, 0.3) is 5.92 Å². The van der Waals surface area contributed by atoms with Gasteiger partial charge in [-0.3, -0.25) is 29.3 Å². The number of carbonyl (C=O) groups is 5. The van der Waals surface area contributed by atoms with Gasteiger partial charge in [0.2, 0.25) is 29.5 Å². The van der Waals surface area contributed by atoms with Gasteiger partial charge in [-0.25, -0.2) is 18.7 Å². The number of pyridine rings is 1. The molecule has 4 aromatic rings. The van der Waals surface area contributed by atoms with Gasteiger partial charge in [0.1, 0.15) is 5.52 Å². The Bertz CT molecular complexity index is 2820. The van der Waals surface area contributed by atoms with Crippen LogP contribution in [0.25, 0.3) is 22.3 Å². The van der Waals surface area contributed by atoms with Gasteiger partial charge >= 0.3 is 0 Å². The molecule has 2 aliphatic carbocycles. The van der Waals surface area contributed by atoms with E-state index in [1.807, 2.05) is 36.7 Å². The van der Waals surface area contributed by atoms with E-state index >= 15 is 13.6 Å². The van der Waals surface area contributed by atoms with Crippen LogP contribution in [0.15, 0.2) is 54.9 Å². The van der Waals surface area contributed by atoms with Gasteiger partial charge in [0, 0.05) is 92.6 Å². The molecule has 2 atom stereocenters. The summed E-state index contributed by atoms with van der Waals surface area (Å²) in [5.74, 6) is -5.43. The van der Waals surface area contributed by atoms with Crippen LogP contribution >= 0.6 is 0 Å². The van der Waals surface area contributed by atoms with Crippen molar-refractivity contribution in [1.29, 1.82) is 0 Å². The Morgan fingerprint density at radius 1 is 0.808 bits per heavy atom. The number of nitrogens with one attached hydrogen (secondary N) is 2. The van der Waals surface area contributed by atoms with Crippen LogP contribution in [0.4, 0.5) is 26.0 Å². The smallest absolute Gasteiger partial charge is 0.266 e. The average molecular weight is 999 g/mol. The quantitative estimate of drug-likeness (QED) is 0.154. The molecule has 5 saturated heterocycles. The lowest BCUT2D eigenvalue weighted by Crippen LogP contribution is -2.59. The number of imide groups is 1. The van der Waals surface area contributed by atoms with Crippen molar-refractivity contribution in [2.75, 3.05) is 67.5 Å². The summed E-state index contributed by atoms with van der Waals surface area (Å²) in [7, 11) is 0. The number of carbonyl (C=O) groups excluding carboxylic acids is 5. The number of anilines is 3. The summed E-state index contributed by atoms with van der Waals surface area (Å²) >= 11 is 0. The maximum Gasteiger partial charge on any atom is 0.266 e. The highest BCUT2D eigenvalue weighted by Gasteiger charge is 2.57. The highest BCUT2D eigenvalue weighted by molar-refractivity contribution is 6.09. The topological polar surface area (TPSA) is 156 Å². The minimum absolute atomic E-state index is 0.0511. The molecule has 0 radical (unpaired) electrons. The van der Waals surface area contributed by atoms with E-state index in [2.05, 4.69) is 61.9 Å². The molecule has 386 valence electrons. The average Bonchev–Trinajstić information content (AvgIpc) is 4.04. The molecule has 2 aromatic heterocycles. The van der Waals surface area contributed by atoms with E-state index in [0.29, 0.717) is 63.7 Å². The number of rotatable bonds is 10. The van der Waals surface area contributed by atoms with Crippen LogP contribution in [0, 0.1) is 11.8 Å². The third-order valence-corrected chi connectivity index (χ3v) is 17.8. The number of imidazole rings is 1. The lowest BCUT2D eigenvalue weighted by molar-refractivity contribution is -0.159. The minimum atomic E-state index is -3.22. The van der Waals surface area contributed by atoms with Crippen molar-refractivity contribution in [1.82, 2.24) is 34.6 Å². The number of likely N-dealkylation sites (tertiary alicyclic amines) is 3. The number of piperidine rings is 5. The second-order valence-electron chi connectivity index (χ2n) is 22.9. The Labute approximate surface area is 425 Å². The fourth-order valence-electron chi connectivity index (χ4n) is 13.4. The fourth-order valence-corrected chi connectivity index (χ4v) is 13.4. The summed E-state index contributed by atoms with van der Waals surface area (Å²) in [5.41, 5.74) is 6.37. The number of amides is 5. The molecule has 2 N–H and O–H groups in total. The summed E-state index contributed by atoms with van der Waals surface area (Å²) in [6.07, 6.45) is 11.5. The zero-order valence-corrected chi connectivity index (χ0v) is 42.2. The van der Waals surface area contributed by atoms with Gasteiger partial charge in [0.05, 0.1) is 41.3 Å². The molecule has 12 rings (SSSR count). The second kappa shape index (κ2) is 18.8. The number of aromatic nitrogens is 3. The van der Waals surface area contributed by atoms with Gasteiger partial charge in [-0.1, -0.05) is 30.7 Å². The van der Waals surface area contributed by atoms with Crippen LogP contribution in [0.2, 0.25) is 0 Å². The van der Waals surface area contributed by atoms with E-state index in [1.165, 1.54) is 24.2 Å². The van der Waals surface area contributed by atoms with Crippen molar-refractivity contribution in [3.8, 4) is 11.3 Å². The van der Waals surface area contributed by atoms with Crippen molar-refractivity contribution < 1.29 is 32.8 Å². The molecule has 1 spiro atoms. The van der Waals surface area contributed by atoms with Crippen molar-refractivity contribution in [2.45, 2.75) is 145 Å². The predicted molar refractivity (Wildman–Crippen MR) is 273 cm³/mol. The summed E-state index contributed by atoms with van der Waals surface area (Å²) in [5, 5.41) is 6.08. The SMILES string of the molecule is CC(C)n1cnc2cc(-c3ccc4c(c3)N(C3CC(N5CCCCC5)C3)C(=O)C43CCN(C(=O)C4CN(C(=O)C5CCN(c6ccc([C@H]7CCC(=O)NC7=O)cc6)CC5)CC(F)(F)C4)CC3)nc(NC3CC3)c21. The van der Waals surface area contributed by atoms with Gasteiger partial charge in [-0.05, 0) is 133 Å². The highest BCUT2D eigenvalue weighted by Crippen LogP contribution is 2.53. The maximum atomic E-state index is 15.7. The zero-order chi connectivity index (χ0) is 50.3. The number of benzene rings is 2. The van der Waals surface area contributed by atoms with Crippen LogP contribution < -0.4 is 20.4 Å². The molecule has 7 fully saturated rings. The van der Waals surface area contributed by atoms with Gasteiger partial charge in [-0.15, -0.1) is 0 Å². The molecule has 8 heterocycles. The van der Waals surface area contributed by atoms with E-state index in [0.717, 1.165) is 89.4 Å². The molecular formula is C56H68F2N10O5. The van der Waals surface area contributed by atoms with E-state index < -0.39 is 36.1 Å². The fraction of sp³-hybridized carbons (Fsp3) is 0.589. The predicted octanol–water partition coefficient (Wildman–Crippen LogP) is 7.40. The Hall–Kier alpha value is -5.97. The normalized spacial score (nSPS) is 26.6. The Morgan fingerprint density at radius 2 is 1.53 bits per heavy atom. The molecule has 0 bridgehead atoms. The number of hydrogen-bond donors (Lipinski definition) is 2. The first-order chi connectivity index (χ1) is 35.2. The molecule has 1 unspecified atom stereocenters. The first-order valence-corrected chi connectivity index (χ1v) is 27.2. The summed E-state index contributed by atoms with van der Waals surface area (Å²) in [4.78, 5) is 87.6. The van der Waals surface area contributed by atoms with Gasteiger partial charge in [0.15, 0.2) is 5.82 Å². The number of fused-ring (bicyclic) bond motifs is 3. The molecule has 15 nitrogen and oxygen atoms in total. The van der Waals surface area contributed by atoms with E-state index in [-0.39, 0.29) is 67.2 Å². The van der Waals surface area contributed by atoms with Crippen LogP contribution in [-0.2, 0) is 29.4 Å². The van der Waals surface area contributed by atoms with Crippen LogP contribution in [0.1, 0.15) is 127 Å². The van der Waals surface area contributed by atoms with Crippen molar-refractivity contribution in [2.24, 2.45) is 11.8 Å². The third-order valence-electron chi connectivity index (χ3n) is 17.8. The maximum absolute atomic E-state index is 15.7. The zero-order valence-electron chi connectivity index (χ0n) is 42.2. The first-order valence-electron chi connectivity index (χ1n) is 27.2. The Kier molecular flexibility index (Phi) is 12.3. The molecule has 17 heteroatoms. The number of alkyl halides is 2. The molecule has 2 aromatic carbocycles. The molecule has 73 heavy (non-hydrogen) atoms. The van der Waals surface area contributed by atoms with Crippen molar-refractivity contribution in [3.63, 3.8) is 0 Å². The van der Waals surface area contributed by atoms with Gasteiger partial charge < -0.3 is 34.4 Å². The molecule has 8 aliphatic rings. The van der Waals surface area contributed by atoms with Crippen LogP contribution in [0.5, 0.6) is 0 Å². The molecule has 6 aliphatic heterocycles. The standard InChI is InChI=1S/C56H68F2N10O5/c1-34(2)67-33-59-46-29-45(61-50(49(46)67)60-39-9-10-39)37-8-14-44-47(26-37)68(42-27-41(28-42)63-20-4-3-5-21-63)54(73)55(44)18-24-65(25-19-55)53(72)38-30-56(57,58)32-66(31-38)52(71)36-16-22-64(23-17-36)40-11-6-35(7-12-40)43-13-15-48(69)62-51(43)70/h6-8,11-12,14,26,29,33-34,36,38-39,41-43H,3-5,9-10,13,15-25,27-28,30-32H2,1-2H3,(H,60,61)(H,62,69,70)/t38?,41?,42?,43-/m1/s1.